The topological polar surface area (TPSA) is 49.3 Å². The van der Waals surface area contributed by atoms with Crippen LogP contribution in [0.2, 0.25) is 5.02 Å². The lowest BCUT2D eigenvalue weighted by molar-refractivity contribution is 0.102. The molecular formula is C14H11BrClNO2. The van der Waals surface area contributed by atoms with E-state index in [0.717, 1.165) is 5.56 Å². The normalized spacial score (nSPS) is 10.3. The maximum Gasteiger partial charge on any atom is 0.256 e. The minimum atomic E-state index is -0.239. The van der Waals surface area contributed by atoms with Gasteiger partial charge in [-0.1, -0.05) is 11.6 Å². The molecule has 0 saturated carbocycles. The first-order valence-electron chi connectivity index (χ1n) is 5.53. The van der Waals surface area contributed by atoms with Crippen LogP contribution in [-0.2, 0) is 0 Å². The van der Waals surface area contributed by atoms with Crippen LogP contribution in [0.4, 0.5) is 5.69 Å². The zero-order valence-corrected chi connectivity index (χ0v) is 12.4. The van der Waals surface area contributed by atoms with Crippen LogP contribution >= 0.6 is 27.5 Å². The number of phenols is 1. The van der Waals surface area contributed by atoms with E-state index in [1.165, 1.54) is 6.07 Å². The molecule has 0 atom stereocenters. The van der Waals surface area contributed by atoms with Gasteiger partial charge in [0.1, 0.15) is 5.75 Å². The van der Waals surface area contributed by atoms with E-state index in [-0.39, 0.29) is 11.7 Å². The lowest BCUT2D eigenvalue weighted by Gasteiger charge is -2.10. The zero-order valence-electron chi connectivity index (χ0n) is 10.1. The van der Waals surface area contributed by atoms with Crippen LogP contribution in [0.3, 0.4) is 0 Å². The van der Waals surface area contributed by atoms with Crippen molar-refractivity contribution in [1.29, 1.82) is 0 Å². The molecule has 2 aromatic carbocycles. The molecule has 0 unspecified atom stereocenters. The van der Waals surface area contributed by atoms with Gasteiger partial charge in [-0.25, -0.2) is 0 Å². The van der Waals surface area contributed by atoms with E-state index in [0.29, 0.717) is 20.7 Å². The van der Waals surface area contributed by atoms with Crippen molar-refractivity contribution in [2.24, 2.45) is 0 Å². The molecule has 2 aromatic rings. The molecule has 0 aliphatic heterocycles. The Morgan fingerprint density at radius 3 is 2.63 bits per heavy atom. The van der Waals surface area contributed by atoms with E-state index in [9.17, 15) is 9.90 Å². The first kappa shape index (κ1) is 13.9. The fourth-order valence-electron chi connectivity index (χ4n) is 1.65. The predicted molar refractivity (Wildman–Crippen MR) is 79.9 cm³/mol. The largest absolute Gasteiger partial charge is 0.508 e. The first-order chi connectivity index (χ1) is 8.97. The number of anilines is 1. The number of rotatable bonds is 2. The Kier molecular flexibility index (Phi) is 4.12. The fourth-order valence-corrected chi connectivity index (χ4v) is 2.51. The molecular weight excluding hydrogens is 330 g/mol. The maximum absolute atomic E-state index is 12.1. The number of aromatic hydroxyl groups is 1. The number of carbonyl (C=O) groups is 1. The highest BCUT2D eigenvalue weighted by Crippen LogP contribution is 2.24. The van der Waals surface area contributed by atoms with Crippen molar-refractivity contribution in [3.05, 3.63) is 57.0 Å². The van der Waals surface area contributed by atoms with Crippen molar-refractivity contribution in [1.82, 2.24) is 0 Å². The molecule has 19 heavy (non-hydrogen) atoms. The second kappa shape index (κ2) is 5.63. The van der Waals surface area contributed by atoms with Gasteiger partial charge < -0.3 is 10.4 Å². The van der Waals surface area contributed by atoms with E-state index >= 15 is 0 Å². The summed E-state index contributed by atoms with van der Waals surface area (Å²) < 4.78 is 0.633. The molecule has 0 radical (unpaired) electrons. The molecule has 98 valence electrons. The van der Waals surface area contributed by atoms with Gasteiger partial charge in [-0.05, 0) is 64.8 Å². The number of hydrogen-bond acceptors (Lipinski definition) is 2. The van der Waals surface area contributed by atoms with Crippen molar-refractivity contribution in [3.63, 3.8) is 0 Å². The number of hydrogen-bond donors (Lipinski definition) is 2. The Morgan fingerprint density at radius 1 is 1.26 bits per heavy atom. The summed E-state index contributed by atoms with van der Waals surface area (Å²) in [6, 6.07) is 9.75. The third kappa shape index (κ3) is 3.28. The number of aryl methyl sites for hydroxylation is 1. The number of benzene rings is 2. The van der Waals surface area contributed by atoms with Crippen molar-refractivity contribution in [2.75, 3.05) is 5.32 Å². The Labute approximate surface area is 124 Å². The second-order valence-corrected chi connectivity index (χ2v) is 5.37. The van der Waals surface area contributed by atoms with Crippen LogP contribution in [-0.4, -0.2) is 11.0 Å². The van der Waals surface area contributed by atoms with Crippen molar-refractivity contribution in [3.8, 4) is 5.75 Å². The van der Waals surface area contributed by atoms with E-state index in [1.807, 2.05) is 6.92 Å². The molecule has 0 aliphatic carbocycles. The van der Waals surface area contributed by atoms with Crippen LogP contribution in [0, 0.1) is 6.92 Å². The summed E-state index contributed by atoms with van der Waals surface area (Å²) in [4.78, 5) is 12.1. The minimum Gasteiger partial charge on any atom is -0.508 e. The zero-order chi connectivity index (χ0) is 14.0. The van der Waals surface area contributed by atoms with Gasteiger partial charge >= 0.3 is 0 Å². The molecule has 0 bridgehead atoms. The summed E-state index contributed by atoms with van der Waals surface area (Å²) in [5.41, 5.74) is 1.94. The minimum absolute atomic E-state index is 0.170. The lowest BCUT2D eigenvalue weighted by atomic mass is 10.1. The van der Waals surface area contributed by atoms with Crippen LogP contribution in [0.5, 0.6) is 5.75 Å². The van der Waals surface area contributed by atoms with E-state index < -0.39 is 0 Å². The average molecular weight is 341 g/mol. The summed E-state index contributed by atoms with van der Waals surface area (Å²) in [5.74, 6) is -0.0690. The SMILES string of the molecule is Cc1cc(O)ccc1NC(=O)c1ccc(Cl)cc1Br. The van der Waals surface area contributed by atoms with Gasteiger partial charge in [0.15, 0.2) is 0 Å². The van der Waals surface area contributed by atoms with Crippen molar-refractivity contribution < 1.29 is 9.90 Å². The highest BCUT2D eigenvalue weighted by atomic mass is 79.9. The maximum atomic E-state index is 12.1. The standard InChI is InChI=1S/C14H11BrClNO2/c1-8-6-10(18)3-5-13(8)17-14(19)11-4-2-9(16)7-12(11)15/h2-7,18H,1H3,(H,17,19). The molecule has 0 heterocycles. The van der Waals surface area contributed by atoms with Gasteiger partial charge in [-0.15, -0.1) is 0 Å². The summed E-state index contributed by atoms with van der Waals surface area (Å²) in [6.07, 6.45) is 0. The van der Waals surface area contributed by atoms with Gasteiger partial charge in [0.25, 0.3) is 5.91 Å². The Bertz CT molecular complexity index is 643. The Morgan fingerprint density at radius 2 is 2.00 bits per heavy atom. The number of nitrogens with one attached hydrogen (secondary N) is 1. The third-order valence-corrected chi connectivity index (χ3v) is 3.53. The molecule has 1 amide bonds. The molecule has 2 rings (SSSR count). The van der Waals surface area contributed by atoms with Gasteiger partial charge in [-0.3, -0.25) is 4.79 Å². The quantitative estimate of drug-likeness (QED) is 0.798. The summed E-state index contributed by atoms with van der Waals surface area (Å²) in [6.45, 7) is 1.81. The van der Waals surface area contributed by atoms with Crippen LogP contribution in [0.15, 0.2) is 40.9 Å². The predicted octanol–water partition coefficient (Wildman–Crippen LogP) is 4.37. The van der Waals surface area contributed by atoms with E-state index in [1.54, 1.807) is 30.3 Å². The molecule has 5 heteroatoms. The summed E-state index contributed by atoms with van der Waals surface area (Å²) in [5, 5.41) is 12.7. The summed E-state index contributed by atoms with van der Waals surface area (Å²) >= 11 is 9.14. The summed E-state index contributed by atoms with van der Waals surface area (Å²) in [7, 11) is 0. The van der Waals surface area contributed by atoms with Crippen LogP contribution < -0.4 is 5.32 Å². The van der Waals surface area contributed by atoms with Crippen molar-refractivity contribution in [2.45, 2.75) is 6.92 Å². The number of halogens is 2. The second-order valence-electron chi connectivity index (χ2n) is 4.08. The smallest absolute Gasteiger partial charge is 0.256 e. The molecule has 3 nitrogen and oxygen atoms in total. The number of carbonyl (C=O) groups excluding carboxylic acids is 1. The molecule has 0 spiro atoms. The van der Waals surface area contributed by atoms with Crippen molar-refractivity contribution >= 4 is 39.1 Å². The number of amides is 1. The van der Waals surface area contributed by atoms with Gasteiger partial charge in [0.05, 0.1) is 5.56 Å². The molecule has 2 N–H and O–H groups in total. The Hall–Kier alpha value is -1.52. The van der Waals surface area contributed by atoms with Gasteiger partial charge in [-0.2, -0.15) is 0 Å². The number of phenolic OH excluding ortho intramolecular Hbond substituents is 1. The average Bonchev–Trinajstić information content (AvgIpc) is 2.32. The van der Waals surface area contributed by atoms with Gasteiger partial charge in [0.2, 0.25) is 0 Å². The highest BCUT2D eigenvalue weighted by molar-refractivity contribution is 9.10. The monoisotopic (exact) mass is 339 g/mol. The highest BCUT2D eigenvalue weighted by Gasteiger charge is 2.11. The molecule has 0 fully saturated rings. The van der Waals surface area contributed by atoms with Gasteiger partial charge in [0, 0.05) is 15.2 Å². The molecule has 0 aromatic heterocycles. The van der Waals surface area contributed by atoms with E-state index in [2.05, 4.69) is 21.2 Å². The third-order valence-electron chi connectivity index (χ3n) is 2.63. The Balaban J connectivity index is 2.25. The van der Waals surface area contributed by atoms with Crippen LogP contribution in [0.25, 0.3) is 0 Å². The fraction of sp³-hybridized carbons (Fsp3) is 0.0714. The lowest BCUT2D eigenvalue weighted by Crippen LogP contribution is -2.13. The molecule has 0 saturated heterocycles. The van der Waals surface area contributed by atoms with E-state index in [4.69, 9.17) is 11.6 Å². The molecule has 0 aliphatic rings. The first-order valence-corrected chi connectivity index (χ1v) is 6.70. The van der Waals surface area contributed by atoms with Crippen LogP contribution in [0.1, 0.15) is 15.9 Å².